The second-order valence-corrected chi connectivity index (χ2v) is 5.60. The van der Waals surface area contributed by atoms with Gasteiger partial charge in [-0.25, -0.2) is 0 Å². The van der Waals surface area contributed by atoms with E-state index in [1.165, 1.54) is 0 Å². The number of nitrogens with two attached hydrogens (primary N) is 1. The van der Waals surface area contributed by atoms with Crippen LogP contribution in [0.5, 0.6) is 0 Å². The molecule has 0 saturated carbocycles. The maximum atomic E-state index is 12.2. The minimum atomic E-state index is -0.656. The van der Waals surface area contributed by atoms with Crippen LogP contribution < -0.4 is 5.73 Å². The molecule has 3 nitrogen and oxygen atoms in total. The highest BCUT2D eigenvalue weighted by Gasteiger charge is 2.32. The van der Waals surface area contributed by atoms with Gasteiger partial charge in [0.05, 0.1) is 5.41 Å². The summed E-state index contributed by atoms with van der Waals surface area (Å²) in [6.45, 7) is 9.73. The van der Waals surface area contributed by atoms with E-state index in [1.807, 2.05) is 46.8 Å². The number of hydrogen-bond donors (Lipinski definition) is 1. The normalized spacial score (nSPS) is 13.4. The molecular formula is C15H23NO2. The predicted octanol–water partition coefficient (Wildman–Crippen LogP) is 3.13. The fraction of sp³-hybridized carbons (Fsp3) is 0.533. The summed E-state index contributed by atoms with van der Waals surface area (Å²) in [5, 5.41) is 0. The number of rotatable bonds is 4. The molecular weight excluding hydrogens is 226 g/mol. The van der Waals surface area contributed by atoms with Crippen LogP contribution in [0.3, 0.4) is 0 Å². The first-order valence-corrected chi connectivity index (χ1v) is 6.32. The standard InChI is InChI=1S/C15H23NO2/c1-10(2)11(3)18-14(17)15(4,5)12-6-8-13(16)9-7-12/h6-11H,16H2,1-5H3. The molecule has 0 aromatic heterocycles. The van der Waals surface area contributed by atoms with Crippen molar-refractivity contribution in [2.24, 2.45) is 5.92 Å². The van der Waals surface area contributed by atoms with Crippen molar-refractivity contribution in [3.8, 4) is 0 Å². The van der Waals surface area contributed by atoms with Crippen LogP contribution in [-0.4, -0.2) is 12.1 Å². The van der Waals surface area contributed by atoms with E-state index < -0.39 is 5.41 Å². The molecule has 100 valence electrons. The van der Waals surface area contributed by atoms with Crippen molar-refractivity contribution >= 4 is 11.7 Å². The summed E-state index contributed by atoms with van der Waals surface area (Å²) >= 11 is 0. The highest BCUT2D eigenvalue weighted by Crippen LogP contribution is 2.26. The topological polar surface area (TPSA) is 52.3 Å². The van der Waals surface area contributed by atoms with Crippen LogP contribution in [0.25, 0.3) is 0 Å². The number of esters is 1. The Morgan fingerprint density at radius 1 is 1.17 bits per heavy atom. The lowest BCUT2D eigenvalue weighted by Gasteiger charge is -2.26. The molecule has 3 heteroatoms. The van der Waals surface area contributed by atoms with Crippen LogP contribution in [0, 0.1) is 5.92 Å². The SMILES string of the molecule is CC(C)C(C)OC(=O)C(C)(C)c1ccc(N)cc1. The van der Waals surface area contributed by atoms with Gasteiger partial charge in [-0.3, -0.25) is 4.79 Å². The molecule has 0 bridgehead atoms. The summed E-state index contributed by atoms with van der Waals surface area (Å²) in [5.74, 6) is 0.115. The molecule has 0 radical (unpaired) electrons. The third-order valence-corrected chi connectivity index (χ3v) is 3.37. The maximum absolute atomic E-state index is 12.2. The van der Waals surface area contributed by atoms with E-state index in [2.05, 4.69) is 0 Å². The first-order chi connectivity index (χ1) is 8.25. The summed E-state index contributed by atoms with van der Waals surface area (Å²) < 4.78 is 5.49. The Hall–Kier alpha value is -1.51. The molecule has 1 aromatic carbocycles. The van der Waals surface area contributed by atoms with Gasteiger partial charge in [0, 0.05) is 5.69 Å². The fourth-order valence-corrected chi connectivity index (χ4v) is 1.47. The molecule has 0 spiro atoms. The summed E-state index contributed by atoms with van der Waals surface area (Å²) in [6, 6.07) is 7.35. The molecule has 0 aliphatic heterocycles. The average molecular weight is 249 g/mol. The van der Waals surface area contributed by atoms with E-state index in [-0.39, 0.29) is 12.1 Å². The Labute approximate surface area is 109 Å². The summed E-state index contributed by atoms with van der Waals surface area (Å²) in [6.07, 6.45) is -0.0782. The summed E-state index contributed by atoms with van der Waals surface area (Å²) in [5.41, 5.74) is 6.60. The van der Waals surface area contributed by atoms with Gasteiger partial charge in [0.2, 0.25) is 0 Å². The minimum absolute atomic E-state index is 0.0782. The third-order valence-electron chi connectivity index (χ3n) is 3.37. The van der Waals surface area contributed by atoms with Crippen molar-refractivity contribution in [2.45, 2.75) is 46.1 Å². The molecule has 0 heterocycles. The van der Waals surface area contributed by atoms with Crippen molar-refractivity contribution in [1.82, 2.24) is 0 Å². The van der Waals surface area contributed by atoms with E-state index in [9.17, 15) is 4.79 Å². The number of carbonyl (C=O) groups is 1. The Kier molecular flexibility index (Phi) is 4.38. The van der Waals surface area contributed by atoms with E-state index in [4.69, 9.17) is 10.5 Å². The predicted molar refractivity (Wildman–Crippen MR) is 74.3 cm³/mol. The van der Waals surface area contributed by atoms with E-state index in [1.54, 1.807) is 12.1 Å². The minimum Gasteiger partial charge on any atom is -0.462 e. The first-order valence-electron chi connectivity index (χ1n) is 6.32. The molecule has 0 aliphatic carbocycles. The van der Waals surface area contributed by atoms with Gasteiger partial charge < -0.3 is 10.5 Å². The van der Waals surface area contributed by atoms with Crippen molar-refractivity contribution in [3.63, 3.8) is 0 Å². The molecule has 0 saturated heterocycles. The second-order valence-electron chi connectivity index (χ2n) is 5.60. The Morgan fingerprint density at radius 2 is 1.67 bits per heavy atom. The molecule has 1 atom stereocenters. The van der Waals surface area contributed by atoms with Crippen LogP contribution in [0.1, 0.15) is 40.2 Å². The average Bonchev–Trinajstić information content (AvgIpc) is 2.29. The van der Waals surface area contributed by atoms with Gasteiger partial charge in [-0.15, -0.1) is 0 Å². The van der Waals surface area contributed by atoms with Crippen LogP contribution in [0.15, 0.2) is 24.3 Å². The number of nitrogen functional groups attached to an aromatic ring is 1. The zero-order valence-corrected chi connectivity index (χ0v) is 11.9. The van der Waals surface area contributed by atoms with Gasteiger partial charge in [-0.05, 0) is 44.4 Å². The van der Waals surface area contributed by atoms with Crippen LogP contribution in [-0.2, 0) is 14.9 Å². The molecule has 18 heavy (non-hydrogen) atoms. The monoisotopic (exact) mass is 249 g/mol. The first kappa shape index (κ1) is 14.6. The third kappa shape index (κ3) is 3.25. The molecule has 0 fully saturated rings. The van der Waals surface area contributed by atoms with Crippen molar-refractivity contribution in [1.29, 1.82) is 0 Å². The quantitative estimate of drug-likeness (QED) is 0.659. The second kappa shape index (κ2) is 5.42. The van der Waals surface area contributed by atoms with E-state index in [0.717, 1.165) is 5.56 Å². The Morgan fingerprint density at radius 3 is 2.11 bits per heavy atom. The molecule has 2 N–H and O–H groups in total. The van der Waals surface area contributed by atoms with Crippen molar-refractivity contribution < 1.29 is 9.53 Å². The van der Waals surface area contributed by atoms with Gasteiger partial charge in [-0.1, -0.05) is 26.0 Å². The van der Waals surface area contributed by atoms with Crippen molar-refractivity contribution in [3.05, 3.63) is 29.8 Å². The molecule has 1 rings (SSSR count). The molecule has 0 amide bonds. The molecule has 0 aliphatic rings. The Bertz CT molecular complexity index is 407. The lowest BCUT2D eigenvalue weighted by Crippen LogP contribution is -2.34. The highest BCUT2D eigenvalue weighted by molar-refractivity contribution is 5.82. The maximum Gasteiger partial charge on any atom is 0.316 e. The van der Waals surface area contributed by atoms with Gasteiger partial charge in [0.25, 0.3) is 0 Å². The number of ether oxygens (including phenoxy) is 1. The smallest absolute Gasteiger partial charge is 0.316 e. The lowest BCUT2D eigenvalue weighted by atomic mass is 9.84. The lowest BCUT2D eigenvalue weighted by molar-refractivity contribution is -0.156. The van der Waals surface area contributed by atoms with Gasteiger partial charge in [0.1, 0.15) is 6.10 Å². The van der Waals surface area contributed by atoms with Gasteiger partial charge in [-0.2, -0.15) is 0 Å². The van der Waals surface area contributed by atoms with E-state index >= 15 is 0 Å². The summed E-state index contributed by atoms with van der Waals surface area (Å²) in [4.78, 5) is 12.2. The van der Waals surface area contributed by atoms with Crippen molar-refractivity contribution in [2.75, 3.05) is 5.73 Å². The van der Waals surface area contributed by atoms with E-state index in [0.29, 0.717) is 11.6 Å². The Balaban J connectivity index is 2.85. The van der Waals surface area contributed by atoms with Gasteiger partial charge in [0.15, 0.2) is 0 Å². The number of anilines is 1. The van der Waals surface area contributed by atoms with Crippen LogP contribution >= 0.6 is 0 Å². The van der Waals surface area contributed by atoms with Crippen LogP contribution in [0.4, 0.5) is 5.69 Å². The molecule has 1 unspecified atom stereocenters. The summed E-state index contributed by atoms with van der Waals surface area (Å²) in [7, 11) is 0. The van der Waals surface area contributed by atoms with Gasteiger partial charge >= 0.3 is 5.97 Å². The fourth-order valence-electron chi connectivity index (χ4n) is 1.47. The molecule has 1 aromatic rings. The zero-order chi connectivity index (χ0) is 13.9. The van der Waals surface area contributed by atoms with Crippen LogP contribution in [0.2, 0.25) is 0 Å². The zero-order valence-electron chi connectivity index (χ0n) is 11.9. The number of carbonyl (C=O) groups excluding carboxylic acids is 1. The highest BCUT2D eigenvalue weighted by atomic mass is 16.5. The number of benzene rings is 1. The number of hydrogen-bond acceptors (Lipinski definition) is 3. The largest absolute Gasteiger partial charge is 0.462 e.